The van der Waals surface area contributed by atoms with E-state index in [1.54, 1.807) is 7.05 Å². The number of carbonyl (C=O) groups excluding carboxylic acids is 1. The molecular formula is C11H13N3O. The van der Waals surface area contributed by atoms with Gasteiger partial charge >= 0.3 is 0 Å². The van der Waals surface area contributed by atoms with Crippen LogP contribution in [-0.4, -0.2) is 18.8 Å². The Hall–Kier alpha value is -1.84. The number of nitrogens with zero attached hydrogens (tertiary/aromatic N) is 1. The monoisotopic (exact) mass is 203 g/mol. The van der Waals surface area contributed by atoms with Crippen LogP contribution in [0.1, 0.15) is 17.5 Å². The topological polar surface area (TPSA) is 67.5 Å². The number of benzene rings is 1. The highest BCUT2D eigenvalue weighted by atomic mass is 16.1. The van der Waals surface area contributed by atoms with E-state index in [1.807, 2.05) is 18.2 Å². The molecule has 0 saturated heterocycles. The van der Waals surface area contributed by atoms with Crippen molar-refractivity contribution in [2.24, 2.45) is 10.7 Å². The van der Waals surface area contributed by atoms with E-state index in [0.717, 1.165) is 23.2 Å². The summed E-state index contributed by atoms with van der Waals surface area (Å²) >= 11 is 0. The number of amides is 1. The molecule has 15 heavy (non-hydrogen) atoms. The van der Waals surface area contributed by atoms with Crippen LogP contribution < -0.4 is 11.1 Å². The first-order valence-corrected chi connectivity index (χ1v) is 4.86. The minimum absolute atomic E-state index is 0.0763. The van der Waals surface area contributed by atoms with Gasteiger partial charge in [0, 0.05) is 24.7 Å². The second kappa shape index (κ2) is 3.73. The minimum atomic E-state index is 0.0763. The van der Waals surface area contributed by atoms with E-state index >= 15 is 0 Å². The third-order valence-electron chi connectivity index (χ3n) is 2.54. The van der Waals surface area contributed by atoms with E-state index < -0.39 is 0 Å². The van der Waals surface area contributed by atoms with E-state index in [1.165, 1.54) is 0 Å². The summed E-state index contributed by atoms with van der Waals surface area (Å²) in [6.07, 6.45) is 1.31. The molecule has 0 bridgehead atoms. The largest absolute Gasteiger partial charge is 0.384 e. The SMILES string of the molecule is CN=C(N)c1ccc2c(c1)CCC(=O)N2. The van der Waals surface area contributed by atoms with Crippen molar-refractivity contribution in [3.8, 4) is 0 Å². The first-order chi connectivity index (χ1) is 7.20. The Balaban J connectivity index is 2.39. The molecule has 4 nitrogen and oxygen atoms in total. The van der Waals surface area contributed by atoms with Crippen LogP contribution in [0.15, 0.2) is 23.2 Å². The summed E-state index contributed by atoms with van der Waals surface area (Å²) in [5, 5.41) is 2.82. The lowest BCUT2D eigenvalue weighted by molar-refractivity contribution is -0.116. The third-order valence-corrected chi connectivity index (χ3v) is 2.54. The fraction of sp³-hybridized carbons (Fsp3) is 0.273. The average Bonchev–Trinajstić information content (AvgIpc) is 2.27. The number of amidine groups is 1. The van der Waals surface area contributed by atoms with Crippen molar-refractivity contribution in [3.63, 3.8) is 0 Å². The first kappa shape index (κ1) is 9.71. The van der Waals surface area contributed by atoms with E-state index in [4.69, 9.17) is 5.73 Å². The van der Waals surface area contributed by atoms with Gasteiger partial charge < -0.3 is 11.1 Å². The number of nitrogens with one attached hydrogen (secondary N) is 1. The lowest BCUT2D eigenvalue weighted by atomic mass is 10.00. The van der Waals surface area contributed by atoms with Crippen molar-refractivity contribution in [3.05, 3.63) is 29.3 Å². The second-order valence-electron chi connectivity index (χ2n) is 3.53. The third kappa shape index (κ3) is 1.83. The van der Waals surface area contributed by atoms with Crippen molar-refractivity contribution < 1.29 is 4.79 Å². The Morgan fingerprint density at radius 2 is 2.27 bits per heavy atom. The van der Waals surface area contributed by atoms with E-state index in [-0.39, 0.29) is 5.91 Å². The van der Waals surface area contributed by atoms with Gasteiger partial charge in [0.2, 0.25) is 5.91 Å². The standard InChI is InChI=1S/C11H13N3O/c1-13-11(12)8-2-4-9-7(6-8)3-5-10(15)14-9/h2,4,6H,3,5H2,1H3,(H2,12,13)(H,14,15). The number of aliphatic imine (C=N–C) groups is 1. The Morgan fingerprint density at radius 3 is 3.00 bits per heavy atom. The molecule has 78 valence electrons. The molecule has 1 heterocycles. The fourth-order valence-electron chi connectivity index (χ4n) is 1.67. The molecule has 0 fully saturated rings. The summed E-state index contributed by atoms with van der Waals surface area (Å²) in [5.41, 5.74) is 8.64. The van der Waals surface area contributed by atoms with Gasteiger partial charge in [-0.3, -0.25) is 9.79 Å². The van der Waals surface area contributed by atoms with Crippen LogP contribution in [0.4, 0.5) is 5.69 Å². The van der Waals surface area contributed by atoms with Gasteiger partial charge in [-0.1, -0.05) is 0 Å². The summed E-state index contributed by atoms with van der Waals surface area (Å²) in [6, 6.07) is 5.73. The van der Waals surface area contributed by atoms with E-state index in [0.29, 0.717) is 12.3 Å². The van der Waals surface area contributed by atoms with Crippen LogP contribution in [0.2, 0.25) is 0 Å². The highest BCUT2D eigenvalue weighted by Crippen LogP contribution is 2.23. The van der Waals surface area contributed by atoms with Crippen molar-refractivity contribution in [2.45, 2.75) is 12.8 Å². The first-order valence-electron chi connectivity index (χ1n) is 4.86. The maximum Gasteiger partial charge on any atom is 0.224 e. The van der Waals surface area contributed by atoms with Crippen molar-refractivity contribution in [1.82, 2.24) is 0 Å². The smallest absolute Gasteiger partial charge is 0.224 e. The van der Waals surface area contributed by atoms with Gasteiger partial charge in [-0.05, 0) is 30.2 Å². The Kier molecular flexibility index (Phi) is 2.41. The van der Waals surface area contributed by atoms with Gasteiger partial charge in [0.15, 0.2) is 0 Å². The molecule has 1 aromatic rings. The predicted molar refractivity (Wildman–Crippen MR) is 60.0 cm³/mol. The van der Waals surface area contributed by atoms with Gasteiger partial charge in [-0.2, -0.15) is 0 Å². The zero-order chi connectivity index (χ0) is 10.8. The molecule has 0 atom stereocenters. The van der Waals surface area contributed by atoms with Crippen LogP contribution >= 0.6 is 0 Å². The number of aryl methyl sites for hydroxylation is 1. The number of nitrogens with two attached hydrogens (primary N) is 1. The van der Waals surface area contributed by atoms with Gasteiger partial charge in [-0.15, -0.1) is 0 Å². The Labute approximate surface area is 88.2 Å². The molecule has 1 aliphatic heterocycles. The van der Waals surface area contributed by atoms with Crippen molar-refractivity contribution >= 4 is 17.4 Å². The summed E-state index contributed by atoms with van der Waals surface area (Å²) in [6.45, 7) is 0. The number of hydrogen-bond acceptors (Lipinski definition) is 2. The highest BCUT2D eigenvalue weighted by Gasteiger charge is 2.15. The lowest BCUT2D eigenvalue weighted by Gasteiger charge is -2.17. The van der Waals surface area contributed by atoms with E-state index in [2.05, 4.69) is 10.3 Å². The lowest BCUT2D eigenvalue weighted by Crippen LogP contribution is -2.20. The molecule has 0 unspecified atom stereocenters. The molecule has 0 radical (unpaired) electrons. The molecule has 3 N–H and O–H groups in total. The Bertz CT molecular complexity index is 437. The molecular weight excluding hydrogens is 190 g/mol. The summed E-state index contributed by atoms with van der Waals surface area (Å²) in [4.78, 5) is 15.1. The summed E-state index contributed by atoms with van der Waals surface area (Å²) in [7, 11) is 1.66. The van der Waals surface area contributed by atoms with Gasteiger partial charge in [0.05, 0.1) is 0 Å². The van der Waals surface area contributed by atoms with Crippen LogP contribution in [0.3, 0.4) is 0 Å². The predicted octanol–water partition coefficient (Wildman–Crippen LogP) is 0.906. The molecule has 0 aromatic heterocycles. The zero-order valence-electron chi connectivity index (χ0n) is 8.58. The normalized spacial score (nSPS) is 15.8. The van der Waals surface area contributed by atoms with Crippen LogP contribution in [-0.2, 0) is 11.2 Å². The molecule has 2 rings (SSSR count). The van der Waals surface area contributed by atoms with Gasteiger partial charge in [-0.25, -0.2) is 0 Å². The van der Waals surface area contributed by atoms with Crippen LogP contribution in [0.5, 0.6) is 0 Å². The number of rotatable bonds is 1. The molecule has 1 aliphatic rings. The summed E-state index contributed by atoms with van der Waals surface area (Å²) in [5.74, 6) is 0.599. The number of fused-ring (bicyclic) bond motifs is 1. The number of carbonyl (C=O) groups is 1. The minimum Gasteiger partial charge on any atom is -0.384 e. The van der Waals surface area contributed by atoms with Crippen molar-refractivity contribution in [2.75, 3.05) is 12.4 Å². The van der Waals surface area contributed by atoms with Crippen LogP contribution in [0, 0.1) is 0 Å². The average molecular weight is 203 g/mol. The number of hydrogen-bond donors (Lipinski definition) is 2. The molecule has 0 aliphatic carbocycles. The quantitative estimate of drug-likeness (QED) is 0.526. The molecule has 0 saturated carbocycles. The van der Waals surface area contributed by atoms with Gasteiger partial charge in [0.25, 0.3) is 0 Å². The second-order valence-corrected chi connectivity index (χ2v) is 3.53. The molecule has 4 heteroatoms. The maximum absolute atomic E-state index is 11.1. The highest BCUT2D eigenvalue weighted by molar-refractivity contribution is 5.99. The fourth-order valence-corrected chi connectivity index (χ4v) is 1.67. The maximum atomic E-state index is 11.1. The van der Waals surface area contributed by atoms with Crippen LogP contribution in [0.25, 0.3) is 0 Å². The number of anilines is 1. The van der Waals surface area contributed by atoms with E-state index in [9.17, 15) is 4.79 Å². The van der Waals surface area contributed by atoms with Gasteiger partial charge in [0.1, 0.15) is 5.84 Å². The molecule has 1 amide bonds. The molecule has 0 spiro atoms. The van der Waals surface area contributed by atoms with Crippen molar-refractivity contribution in [1.29, 1.82) is 0 Å². The molecule has 1 aromatic carbocycles. The Morgan fingerprint density at radius 1 is 1.47 bits per heavy atom. The summed E-state index contributed by atoms with van der Waals surface area (Å²) < 4.78 is 0. The zero-order valence-corrected chi connectivity index (χ0v) is 8.58.